The van der Waals surface area contributed by atoms with E-state index in [2.05, 4.69) is 24.3 Å². The van der Waals surface area contributed by atoms with Crippen LogP contribution in [0.3, 0.4) is 0 Å². The predicted molar refractivity (Wildman–Crippen MR) is 166 cm³/mol. The largest absolute Gasteiger partial charge is 0.285 e. The summed E-state index contributed by atoms with van der Waals surface area (Å²) in [4.78, 5) is 47.2. The minimum Gasteiger partial charge on any atom is -0.285 e. The van der Waals surface area contributed by atoms with Crippen molar-refractivity contribution in [2.75, 3.05) is 0 Å². The fraction of sp³-hybridized carbons (Fsp3) is 0.0526. The van der Waals surface area contributed by atoms with E-state index >= 15 is 0 Å². The fourth-order valence-electron chi connectivity index (χ4n) is 3.56. The van der Waals surface area contributed by atoms with Gasteiger partial charge >= 0.3 is 0 Å². The molecule has 0 atom stereocenters. The smallest absolute Gasteiger partial charge is 0.233 e. The molecule has 0 aliphatic heterocycles. The van der Waals surface area contributed by atoms with Crippen molar-refractivity contribution >= 4 is 23.1 Å². The fourth-order valence-corrected chi connectivity index (χ4v) is 3.56. The van der Waals surface area contributed by atoms with Gasteiger partial charge in [0.05, 0.1) is 0 Å². The van der Waals surface area contributed by atoms with Crippen LogP contribution in [0.25, 0.3) is 0 Å². The molecule has 0 aromatic heterocycles. The molecule has 2 aliphatic carbocycles. The summed E-state index contributed by atoms with van der Waals surface area (Å²) in [6.07, 6.45) is 20.0. The van der Waals surface area contributed by atoms with E-state index in [9.17, 15) is 19.2 Å². The van der Waals surface area contributed by atoms with Gasteiger partial charge < -0.3 is 0 Å². The minimum absolute atomic E-state index is 0. The van der Waals surface area contributed by atoms with Crippen LogP contribution < -0.4 is 0 Å². The Morgan fingerprint density at radius 1 is 0.395 bits per heavy atom. The molecule has 6 rings (SSSR count). The van der Waals surface area contributed by atoms with Gasteiger partial charge in [0.1, 0.15) is 0 Å². The normalized spacial score (nSPS) is 11.3. The van der Waals surface area contributed by atoms with Crippen molar-refractivity contribution in [3.63, 3.8) is 0 Å². The van der Waals surface area contributed by atoms with Crippen LogP contribution in [0.1, 0.15) is 54.3 Å². The molecule has 0 fully saturated rings. The number of benzene rings is 4. The number of Topliss-reactive ketones (excluding diaryl/α,β-unsaturated/α-hetero) is 4. The average molecular weight is 729 g/mol. The van der Waals surface area contributed by atoms with E-state index in [0.29, 0.717) is 22.3 Å². The third-order valence-electron chi connectivity index (χ3n) is 5.73. The Hall–Kier alpha value is -4.61. The SMILES string of the molecule is O=C(C(=O)c1ccccc1)c1ccccc1.O=C(C(=O)c1ccccc1)c1ccccc1.[C-]1=CC=CC1.[C-]1=CC=CC1.[Hf]. The van der Waals surface area contributed by atoms with E-state index in [4.69, 9.17) is 0 Å². The predicted octanol–water partition coefficient (Wildman–Crippen LogP) is 8.11. The molecule has 0 N–H and O–H groups in total. The summed E-state index contributed by atoms with van der Waals surface area (Å²) in [5, 5.41) is 0. The molecule has 0 saturated carbocycles. The maximum atomic E-state index is 11.8. The number of rotatable bonds is 6. The Morgan fingerprint density at radius 3 is 0.767 bits per heavy atom. The van der Waals surface area contributed by atoms with Crippen molar-refractivity contribution in [2.45, 2.75) is 12.8 Å². The molecular formula is C38H30HfO4-2. The van der Waals surface area contributed by atoms with Gasteiger partial charge in [0.25, 0.3) is 0 Å². The van der Waals surface area contributed by atoms with Crippen LogP contribution in [0, 0.1) is 12.2 Å². The number of ketones is 4. The van der Waals surface area contributed by atoms with Gasteiger partial charge in [-0.15, -0.1) is 12.8 Å². The van der Waals surface area contributed by atoms with Gasteiger partial charge in [0, 0.05) is 48.1 Å². The molecule has 0 unspecified atom stereocenters. The average Bonchev–Trinajstić information content (AvgIpc) is 3.86. The first-order valence-corrected chi connectivity index (χ1v) is 13.4. The Morgan fingerprint density at radius 2 is 0.628 bits per heavy atom. The molecule has 43 heavy (non-hydrogen) atoms. The third-order valence-corrected chi connectivity index (χ3v) is 5.73. The summed E-state index contributed by atoms with van der Waals surface area (Å²) in [6, 6.07) is 34.3. The Balaban J connectivity index is 0.000000223. The molecule has 4 aromatic carbocycles. The third kappa shape index (κ3) is 12.4. The van der Waals surface area contributed by atoms with Crippen molar-refractivity contribution in [1.29, 1.82) is 0 Å². The van der Waals surface area contributed by atoms with Crippen LogP contribution >= 0.6 is 0 Å². The summed E-state index contributed by atoms with van der Waals surface area (Å²) in [5.74, 6) is -1.86. The molecule has 0 radical (unpaired) electrons. The van der Waals surface area contributed by atoms with Crippen LogP contribution in [0.5, 0.6) is 0 Å². The number of carbonyl (C=O) groups excluding carboxylic acids is 4. The van der Waals surface area contributed by atoms with Gasteiger partial charge in [0.15, 0.2) is 0 Å². The molecule has 0 bridgehead atoms. The second-order valence-electron chi connectivity index (χ2n) is 8.79. The zero-order chi connectivity index (χ0) is 29.8. The van der Waals surface area contributed by atoms with Gasteiger partial charge in [0.2, 0.25) is 23.1 Å². The molecule has 4 nitrogen and oxygen atoms in total. The topological polar surface area (TPSA) is 68.3 Å². The van der Waals surface area contributed by atoms with Crippen LogP contribution in [0.2, 0.25) is 0 Å². The summed E-state index contributed by atoms with van der Waals surface area (Å²) in [5.41, 5.74) is 1.71. The van der Waals surface area contributed by atoms with Crippen molar-refractivity contribution in [2.24, 2.45) is 0 Å². The molecule has 0 spiro atoms. The zero-order valence-electron chi connectivity index (χ0n) is 23.6. The molecule has 212 valence electrons. The monoisotopic (exact) mass is 730 g/mol. The van der Waals surface area contributed by atoms with Crippen LogP contribution in [0.15, 0.2) is 158 Å². The van der Waals surface area contributed by atoms with E-state index in [1.54, 1.807) is 97.1 Å². The van der Waals surface area contributed by atoms with Gasteiger partial charge in [-0.2, -0.15) is 12.2 Å². The first-order chi connectivity index (χ1) is 20.6. The molecule has 0 amide bonds. The number of hydrogen-bond acceptors (Lipinski definition) is 4. The molecule has 0 saturated heterocycles. The Kier molecular flexibility index (Phi) is 16.3. The molecule has 5 heteroatoms. The maximum Gasteiger partial charge on any atom is 0.233 e. The van der Waals surface area contributed by atoms with E-state index in [-0.39, 0.29) is 25.8 Å². The Bertz CT molecular complexity index is 1310. The number of allylic oxidation sites excluding steroid dienone is 8. The summed E-state index contributed by atoms with van der Waals surface area (Å²) >= 11 is 0. The van der Waals surface area contributed by atoms with Crippen molar-refractivity contribution in [3.05, 3.63) is 192 Å². The Labute approximate surface area is 272 Å². The molecular weight excluding hydrogens is 699 g/mol. The van der Waals surface area contributed by atoms with Gasteiger partial charge in [-0.25, -0.2) is 24.3 Å². The molecule has 2 aliphatic rings. The maximum absolute atomic E-state index is 11.8. The van der Waals surface area contributed by atoms with Crippen LogP contribution in [-0.4, -0.2) is 23.1 Å². The quantitative estimate of drug-likeness (QED) is 0.0871. The van der Waals surface area contributed by atoms with Gasteiger partial charge in [-0.3, -0.25) is 31.3 Å². The second-order valence-corrected chi connectivity index (χ2v) is 8.79. The summed E-state index contributed by atoms with van der Waals surface area (Å²) in [7, 11) is 0. The van der Waals surface area contributed by atoms with Crippen molar-refractivity contribution in [3.8, 4) is 0 Å². The number of carbonyl (C=O) groups is 4. The van der Waals surface area contributed by atoms with Gasteiger partial charge in [-0.05, 0) is 0 Å². The standard InChI is InChI=1S/2C14H10O2.2C5H5.Hf/c2*15-13(11-7-3-1-4-8-11)14(16)12-9-5-2-6-10-12;2*1-2-4-5-3-1;/h2*1-10H;2*1-3H,4H2;/q;;2*-1;. The van der Waals surface area contributed by atoms with Crippen molar-refractivity contribution in [1.82, 2.24) is 0 Å². The zero-order valence-corrected chi connectivity index (χ0v) is 27.2. The minimum atomic E-state index is -0.466. The van der Waals surface area contributed by atoms with Crippen LogP contribution in [0.4, 0.5) is 0 Å². The van der Waals surface area contributed by atoms with E-state index in [0.717, 1.165) is 12.8 Å². The molecule has 4 aromatic rings. The van der Waals surface area contributed by atoms with Gasteiger partial charge in [-0.1, -0.05) is 121 Å². The van der Waals surface area contributed by atoms with E-state index in [1.807, 2.05) is 48.6 Å². The van der Waals surface area contributed by atoms with E-state index < -0.39 is 23.1 Å². The van der Waals surface area contributed by atoms with Crippen molar-refractivity contribution < 1.29 is 45.0 Å². The second kappa shape index (κ2) is 20.3. The first-order valence-electron chi connectivity index (χ1n) is 13.4. The summed E-state index contributed by atoms with van der Waals surface area (Å²) in [6.45, 7) is 0. The number of hydrogen-bond donors (Lipinski definition) is 0. The summed E-state index contributed by atoms with van der Waals surface area (Å²) < 4.78 is 0. The van der Waals surface area contributed by atoms with Crippen LogP contribution in [-0.2, 0) is 25.8 Å². The molecule has 0 heterocycles. The van der Waals surface area contributed by atoms with E-state index in [1.165, 1.54) is 0 Å². The first kappa shape index (κ1) is 34.6.